The normalized spacial score (nSPS) is 14.3. The number of rotatable bonds is 5. The Labute approximate surface area is 173 Å². The summed E-state index contributed by atoms with van der Waals surface area (Å²) in [5.74, 6) is 0.519. The molecule has 2 aromatic carbocycles. The number of hydrogen-bond acceptors (Lipinski definition) is 3. The minimum absolute atomic E-state index is 0. The van der Waals surface area contributed by atoms with Crippen LogP contribution in [0.5, 0.6) is 0 Å². The Morgan fingerprint density at radius 1 is 1.04 bits per heavy atom. The number of halogens is 1. The first-order valence-electron chi connectivity index (χ1n) is 9.47. The maximum Gasteiger partial charge on any atom is 0.258 e. The Balaban J connectivity index is 0.00000280. The van der Waals surface area contributed by atoms with Crippen LogP contribution >= 0.6 is 12.4 Å². The molecule has 6 heteroatoms. The van der Waals surface area contributed by atoms with Gasteiger partial charge in [0.25, 0.3) is 11.8 Å². The van der Waals surface area contributed by atoms with Gasteiger partial charge in [0.1, 0.15) is 0 Å². The van der Waals surface area contributed by atoms with E-state index >= 15 is 0 Å². The topological polar surface area (TPSA) is 52.7 Å². The van der Waals surface area contributed by atoms with Gasteiger partial charge in [-0.1, -0.05) is 24.3 Å². The average Bonchev–Trinajstić information content (AvgIpc) is 2.73. The fourth-order valence-electron chi connectivity index (χ4n) is 3.56. The average molecular weight is 402 g/mol. The van der Waals surface area contributed by atoms with Gasteiger partial charge in [0.2, 0.25) is 0 Å². The van der Waals surface area contributed by atoms with Crippen LogP contribution in [-0.4, -0.2) is 50.4 Å². The Morgan fingerprint density at radius 3 is 2.32 bits per heavy atom. The number of piperidine rings is 1. The lowest BCUT2D eigenvalue weighted by atomic mass is 9.96. The molecule has 1 fully saturated rings. The van der Waals surface area contributed by atoms with Gasteiger partial charge in [-0.25, -0.2) is 0 Å². The van der Waals surface area contributed by atoms with Crippen molar-refractivity contribution in [3.63, 3.8) is 0 Å². The third-order valence-corrected chi connectivity index (χ3v) is 5.20. The van der Waals surface area contributed by atoms with Crippen LogP contribution in [0.3, 0.4) is 0 Å². The zero-order chi connectivity index (χ0) is 19.2. The first-order valence-corrected chi connectivity index (χ1v) is 9.47. The summed E-state index contributed by atoms with van der Waals surface area (Å²) in [5, 5.41) is 3.21. The first kappa shape index (κ1) is 21.9. The predicted molar refractivity (Wildman–Crippen MR) is 115 cm³/mol. The molecule has 1 saturated heterocycles. The largest absolute Gasteiger partial charge is 0.339 e. The van der Waals surface area contributed by atoms with E-state index in [4.69, 9.17) is 0 Å². The van der Waals surface area contributed by atoms with Crippen LogP contribution < -0.4 is 10.2 Å². The van der Waals surface area contributed by atoms with Gasteiger partial charge >= 0.3 is 0 Å². The van der Waals surface area contributed by atoms with Gasteiger partial charge in [-0.05, 0) is 62.7 Å². The van der Waals surface area contributed by atoms with Crippen LogP contribution in [0.25, 0.3) is 0 Å². The van der Waals surface area contributed by atoms with E-state index in [1.807, 2.05) is 42.3 Å². The molecule has 0 saturated carbocycles. The molecular formula is C22H28ClN3O2. The summed E-state index contributed by atoms with van der Waals surface area (Å²) in [5.41, 5.74) is 1.93. The van der Waals surface area contributed by atoms with E-state index in [2.05, 4.69) is 5.32 Å². The number of nitrogens with zero attached hydrogens (tertiary/aromatic N) is 2. The molecule has 1 aliphatic rings. The molecule has 0 aliphatic carbocycles. The minimum Gasteiger partial charge on any atom is -0.339 e. The molecule has 0 unspecified atom stereocenters. The second-order valence-electron chi connectivity index (χ2n) is 7.07. The summed E-state index contributed by atoms with van der Waals surface area (Å²) in [6.07, 6.45) is 2.03. The Hall–Kier alpha value is -2.37. The van der Waals surface area contributed by atoms with Crippen molar-refractivity contribution in [2.45, 2.75) is 12.8 Å². The molecule has 3 rings (SSSR count). The zero-order valence-corrected chi connectivity index (χ0v) is 17.2. The summed E-state index contributed by atoms with van der Waals surface area (Å²) in [6.45, 7) is 2.54. The van der Waals surface area contributed by atoms with Gasteiger partial charge in [0, 0.05) is 37.0 Å². The maximum absolute atomic E-state index is 12.9. The van der Waals surface area contributed by atoms with Crippen molar-refractivity contribution >= 4 is 29.9 Å². The molecule has 1 N–H and O–H groups in total. The number of hydrogen-bond donors (Lipinski definition) is 1. The molecule has 0 bridgehead atoms. The van der Waals surface area contributed by atoms with E-state index in [9.17, 15) is 9.59 Å². The molecule has 0 radical (unpaired) electrons. The zero-order valence-electron chi connectivity index (χ0n) is 16.4. The number of anilines is 1. The van der Waals surface area contributed by atoms with Crippen LogP contribution in [-0.2, 0) is 0 Å². The monoisotopic (exact) mass is 401 g/mol. The van der Waals surface area contributed by atoms with E-state index in [0.717, 1.165) is 38.2 Å². The third kappa shape index (κ3) is 5.12. The van der Waals surface area contributed by atoms with Crippen LogP contribution in [0.4, 0.5) is 5.69 Å². The Bertz CT molecular complexity index is 789. The van der Waals surface area contributed by atoms with Crippen molar-refractivity contribution in [2.75, 3.05) is 38.6 Å². The fourth-order valence-corrected chi connectivity index (χ4v) is 3.56. The van der Waals surface area contributed by atoms with Gasteiger partial charge in [-0.2, -0.15) is 0 Å². The van der Waals surface area contributed by atoms with Crippen molar-refractivity contribution in [3.05, 3.63) is 65.7 Å². The van der Waals surface area contributed by atoms with Crippen molar-refractivity contribution in [1.29, 1.82) is 0 Å². The van der Waals surface area contributed by atoms with Crippen LogP contribution in [0.15, 0.2) is 54.6 Å². The van der Waals surface area contributed by atoms with Gasteiger partial charge in [-0.15, -0.1) is 12.4 Å². The summed E-state index contributed by atoms with van der Waals surface area (Å²) in [7, 11) is 3.71. The molecule has 150 valence electrons. The summed E-state index contributed by atoms with van der Waals surface area (Å²) >= 11 is 0. The second-order valence-corrected chi connectivity index (χ2v) is 7.07. The molecule has 1 heterocycles. The molecule has 5 nitrogen and oxygen atoms in total. The molecule has 2 aromatic rings. The van der Waals surface area contributed by atoms with Crippen molar-refractivity contribution in [2.24, 2.45) is 5.92 Å². The maximum atomic E-state index is 12.9. The highest BCUT2D eigenvalue weighted by Gasteiger charge is 2.24. The van der Waals surface area contributed by atoms with E-state index in [-0.39, 0.29) is 24.2 Å². The van der Waals surface area contributed by atoms with E-state index in [1.54, 1.807) is 36.2 Å². The van der Waals surface area contributed by atoms with Gasteiger partial charge in [-0.3, -0.25) is 9.59 Å². The molecular weight excluding hydrogens is 374 g/mol. The summed E-state index contributed by atoms with van der Waals surface area (Å²) in [4.78, 5) is 29.2. The van der Waals surface area contributed by atoms with Crippen LogP contribution in [0.2, 0.25) is 0 Å². The number of para-hydroxylation sites is 1. The molecule has 1 aliphatic heterocycles. The first-order chi connectivity index (χ1) is 13.1. The minimum atomic E-state index is -0.122. The lowest BCUT2D eigenvalue weighted by molar-refractivity contribution is 0.0691. The highest BCUT2D eigenvalue weighted by Crippen LogP contribution is 2.20. The highest BCUT2D eigenvalue weighted by molar-refractivity contribution is 6.07. The molecule has 0 spiro atoms. The van der Waals surface area contributed by atoms with Crippen LogP contribution in [0, 0.1) is 5.92 Å². The quantitative estimate of drug-likeness (QED) is 0.834. The molecule has 0 aromatic heterocycles. The second kappa shape index (κ2) is 10.2. The molecule has 2 amide bonds. The highest BCUT2D eigenvalue weighted by atomic mass is 35.5. The number of amides is 2. The lowest BCUT2D eigenvalue weighted by Gasteiger charge is -2.32. The third-order valence-electron chi connectivity index (χ3n) is 5.20. The number of carbonyl (C=O) groups excluding carboxylic acids is 2. The lowest BCUT2D eigenvalue weighted by Crippen LogP contribution is -2.40. The smallest absolute Gasteiger partial charge is 0.258 e. The summed E-state index contributed by atoms with van der Waals surface area (Å²) in [6, 6.07) is 16.6. The fraction of sp³-hybridized carbons (Fsp3) is 0.364. The van der Waals surface area contributed by atoms with Gasteiger partial charge < -0.3 is 15.1 Å². The van der Waals surface area contributed by atoms with Crippen molar-refractivity contribution < 1.29 is 9.59 Å². The van der Waals surface area contributed by atoms with Crippen molar-refractivity contribution in [1.82, 2.24) is 10.2 Å². The standard InChI is InChI=1S/C22H27N3O2.ClH/c1-23-16-17-11-13-25(14-12-17)22(27)19-8-6-7-18(15-19)21(26)24(2)20-9-4-3-5-10-20;/h3-10,15,17,23H,11-14,16H2,1-2H3;1H. The van der Waals surface area contributed by atoms with Gasteiger partial charge in [0.05, 0.1) is 0 Å². The Kier molecular flexibility index (Phi) is 8.03. The van der Waals surface area contributed by atoms with Crippen LogP contribution in [0.1, 0.15) is 33.6 Å². The van der Waals surface area contributed by atoms with E-state index in [0.29, 0.717) is 17.0 Å². The predicted octanol–water partition coefficient (Wildman–Crippen LogP) is 3.46. The van der Waals surface area contributed by atoms with E-state index in [1.165, 1.54) is 0 Å². The molecule has 0 atom stereocenters. The molecule has 28 heavy (non-hydrogen) atoms. The Morgan fingerprint density at radius 2 is 1.68 bits per heavy atom. The number of nitrogens with one attached hydrogen (secondary N) is 1. The number of likely N-dealkylation sites (tertiary alicyclic amines) is 1. The van der Waals surface area contributed by atoms with Gasteiger partial charge in [0.15, 0.2) is 0 Å². The number of benzene rings is 2. The summed E-state index contributed by atoms with van der Waals surface area (Å²) < 4.78 is 0. The van der Waals surface area contributed by atoms with E-state index < -0.39 is 0 Å². The number of carbonyl (C=O) groups is 2. The van der Waals surface area contributed by atoms with Crippen molar-refractivity contribution in [3.8, 4) is 0 Å². The SMILES string of the molecule is CNCC1CCN(C(=O)c2cccc(C(=O)N(C)c3ccccc3)c2)CC1.Cl.